The van der Waals surface area contributed by atoms with Gasteiger partial charge < -0.3 is 5.32 Å². The van der Waals surface area contributed by atoms with Crippen LogP contribution < -0.4 is 10.6 Å². The summed E-state index contributed by atoms with van der Waals surface area (Å²) < 4.78 is 36.7. The molecule has 2 rings (SSSR count). The summed E-state index contributed by atoms with van der Waals surface area (Å²) >= 11 is 0.313. The molecule has 1 amide bonds. The Morgan fingerprint density at radius 3 is 2.67 bits per heavy atom. The summed E-state index contributed by atoms with van der Waals surface area (Å²) in [6, 6.07) is 0. The van der Waals surface area contributed by atoms with E-state index in [9.17, 15) is 18.0 Å². The molecule has 0 aliphatic heterocycles. The fourth-order valence-corrected chi connectivity index (χ4v) is 1.89. The number of carbonyl (C=O) groups excluding carboxylic acids is 1. The van der Waals surface area contributed by atoms with Crippen molar-refractivity contribution in [3.05, 3.63) is 5.01 Å². The second kappa shape index (κ2) is 5.19. The molecule has 0 saturated heterocycles. The average molecular weight is 280 g/mol. The van der Waals surface area contributed by atoms with Gasteiger partial charge in [0.25, 0.3) is 0 Å². The van der Waals surface area contributed by atoms with Crippen LogP contribution in [0.5, 0.6) is 0 Å². The van der Waals surface area contributed by atoms with Crippen molar-refractivity contribution in [3.63, 3.8) is 0 Å². The number of alkyl halides is 3. The highest BCUT2D eigenvalue weighted by atomic mass is 32.1. The number of amides is 1. The molecule has 1 aromatic heterocycles. The summed E-state index contributed by atoms with van der Waals surface area (Å²) in [6.45, 7) is 0.828. The van der Waals surface area contributed by atoms with E-state index in [0.717, 1.165) is 6.54 Å². The van der Waals surface area contributed by atoms with Gasteiger partial charge in [0, 0.05) is 0 Å². The molecule has 1 aliphatic carbocycles. The lowest BCUT2D eigenvalue weighted by atomic mass is 10.4. The van der Waals surface area contributed by atoms with Crippen molar-refractivity contribution in [3.8, 4) is 0 Å². The van der Waals surface area contributed by atoms with Gasteiger partial charge in [0.1, 0.15) is 0 Å². The van der Waals surface area contributed by atoms with Crippen molar-refractivity contribution in [2.75, 3.05) is 18.4 Å². The van der Waals surface area contributed by atoms with Crippen molar-refractivity contribution < 1.29 is 18.0 Å². The maximum absolute atomic E-state index is 12.2. The van der Waals surface area contributed by atoms with Gasteiger partial charge in [0.05, 0.1) is 6.54 Å². The molecule has 0 spiro atoms. The second-order valence-electron chi connectivity index (χ2n) is 4.03. The summed E-state index contributed by atoms with van der Waals surface area (Å²) in [6.07, 6.45) is -2.19. The quantitative estimate of drug-likeness (QED) is 0.857. The smallest absolute Gasteiger partial charge is 0.308 e. The molecule has 100 valence electrons. The molecule has 1 aliphatic rings. The summed E-state index contributed by atoms with van der Waals surface area (Å²) in [5.41, 5.74) is 0. The van der Waals surface area contributed by atoms with E-state index in [-0.39, 0.29) is 11.7 Å². The third-order valence-electron chi connectivity index (χ3n) is 2.33. The van der Waals surface area contributed by atoms with Crippen LogP contribution in [0.1, 0.15) is 17.8 Å². The highest BCUT2D eigenvalue weighted by Gasteiger charge is 2.35. The molecule has 1 heterocycles. The fraction of sp³-hybridized carbons (Fsp3) is 0.667. The van der Waals surface area contributed by atoms with Gasteiger partial charge in [0.15, 0.2) is 0 Å². The summed E-state index contributed by atoms with van der Waals surface area (Å²) in [5.74, 6) is 0.219. The number of rotatable bonds is 5. The number of halogens is 3. The number of hydrogen-bond donors (Lipinski definition) is 2. The zero-order valence-corrected chi connectivity index (χ0v) is 10.1. The second-order valence-corrected chi connectivity index (χ2v) is 5.01. The van der Waals surface area contributed by atoms with Crippen LogP contribution in [0.15, 0.2) is 0 Å². The Labute approximate surface area is 105 Å². The van der Waals surface area contributed by atoms with E-state index in [1.807, 2.05) is 0 Å². The lowest BCUT2D eigenvalue weighted by Gasteiger charge is -2.02. The Morgan fingerprint density at radius 1 is 1.39 bits per heavy atom. The topological polar surface area (TPSA) is 66.9 Å². The molecule has 9 heteroatoms. The minimum absolute atomic E-state index is 0.0669. The van der Waals surface area contributed by atoms with Gasteiger partial charge in [-0.1, -0.05) is 11.3 Å². The van der Waals surface area contributed by atoms with Crippen molar-refractivity contribution in [2.45, 2.75) is 19.0 Å². The lowest BCUT2D eigenvalue weighted by Crippen LogP contribution is -2.29. The Kier molecular flexibility index (Phi) is 3.81. The molecule has 0 aromatic carbocycles. The van der Waals surface area contributed by atoms with E-state index in [0.29, 0.717) is 17.3 Å². The standard InChI is InChI=1S/C9H11F3N4OS/c10-9(11,12)7-15-16-8(18-7)14-6(17)4-13-3-5-1-2-5/h5,13H,1-4H2,(H,14,16,17). The van der Waals surface area contributed by atoms with E-state index in [2.05, 4.69) is 20.8 Å². The first kappa shape index (κ1) is 13.2. The maximum atomic E-state index is 12.2. The molecule has 1 fully saturated rings. The van der Waals surface area contributed by atoms with Crippen molar-refractivity contribution in [2.24, 2.45) is 5.92 Å². The molecule has 1 saturated carbocycles. The molecular weight excluding hydrogens is 269 g/mol. The van der Waals surface area contributed by atoms with Crippen LogP contribution >= 0.6 is 11.3 Å². The molecule has 0 unspecified atom stereocenters. The number of nitrogens with zero attached hydrogens (tertiary/aromatic N) is 2. The first-order chi connectivity index (χ1) is 8.45. The molecule has 1 aromatic rings. The van der Waals surface area contributed by atoms with E-state index in [1.54, 1.807) is 0 Å². The van der Waals surface area contributed by atoms with Gasteiger partial charge in [-0.25, -0.2) is 0 Å². The minimum Gasteiger partial charge on any atom is -0.308 e. The molecule has 0 radical (unpaired) electrons. The highest BCUT2D eigenvalue weighted by Crippen LogP contribution is 2.32. The monoisotopic (exact) mass is 280 g/mol. The van der Waals surface area contributed by atoms with E-state index in [4.69, 9.17) is 0 Å². The van der Waals surface area contributed by atoms with Crippen LogP contribution in [0.4, 0.5) is 18.3 Å². The molecule has 18 heavy (non-hydrogen) atoms. The van der Waals surface area contributed by atoms with Gasteiger partial charge in [0.2, 0.25) is 16.0 Å². The Balaban J connectivity index is 1.77. The molecular formula is C9H11F3N4OS. The van der Waals surface area contributed by atoms with E-state index in [1.165, 1.54) is 12.8 Å². The van der Waals surface area contributed by atoms with Gasteiger partial charge in [-0.2, -0.15) is 13.2 Å². The number of anilines is 1. The van der Waals surface area contributed by atoms with Gasteiger partial charge in [-0.3, -0.25) is 10.1 Å². The van der Waals surface area contributed by atoms with Crippen molar-refractivity contribution >= 4 is 22.4 Å². The Bertz CT molecular complexity index is 430. The van der Waals surface area contributed by atoms with Crippen LogP contribution in [0.25, 0.3) is 0 Å². The molecule has 0 bridgehead atoms. The largest absolute Gasteiger partial charge is 0.445 e. The fourth-order valence-electron chi connectivity index (χ4n) is 1.26. The maximum Gasteiger partial charge on any atom is 0.445 e. The van der Waals surface area contributed by atoms with Crippen molar-refractivity contribution in [1.29, 1.82) is 0 Å². The lowest BCUT2D eigenvalue weighted by molar-refractivity contribution is -0.138. The van der Waals surface area contributed by atoms with E-state index >= 15 is 0 Å². The third-order valence-corrected chi connectivity index (χ3v) is 3.21. The third kappa shape index (κ3) is 3.91. The minimum atomic E-state index is -4.52. The Hall–Kier alpha value is -1.22. The Morgan fingerprint density at radius 2 is 2.11 bits per heavy atom. The summed E-state index contributed by atoms with van der Waals surface area (Å²) in [5, 5.41) is 10.2. The molecule has 0 atom stereocenters. The summed E-state index contributed by atoms with van der Waals surface area (Å²) in [7, 11) is 0. The number of carbonyl (C=O) groups is 1. The molecule has 5 nitrogen and oxygen atoms in total. The molecule has 2 N–H and O–H groups in total. The van der Waals surface area contributed by atoms with Crippen LogP contribution in [-0.2, 0) is 11.0 Å². The number of hydrogen-bond acceptors (Lipinski definition) is 5. The SMILES string of the molecule is O=C(CNCC1CC1)Nc1nnc(C(F)(F)F)s1. The first-order valence-electron chi connectivity index (χ1n) is 5.36. The number of nitrogens with one attached hydrogen (secondary N) is 2. The number of aromatic nitrogens is 2. The zero-order chi connectivity index (χ0) is 13.2. The van der Waals surface area contributed by atoms with Gasteiger partial charge >= 0.3 is 6.18 Å². The van der Waals surface area contributed by atoms with Gasteiger partial charge in [-0.15, -0.1) is 10.2 Å². The predicted molar refractivity (Wildman–Crippen MR) is 59.1 cm³/mol. The zero-order valence-electron chi connectivity index (χ0n) is 9.25. The predicted octanol–water partition coefficient (Wildman–Crippen LogP) is 1.49. The van der Waals surface area contributed by atoms with Crippen LogP contribution in [0.2, 0.25) is 0 Å². The van der Waals surface area contributed by atoms with Gasteiger partial charge in [-0.05, 0) is 25.3 Å². The average Bonchev–Trinajstić information content (AvgIpc) is 2.94. The van der Waals surface area contributed by atoms with Crippen LogP contribution in [0.3, 0.4) is 0 Å². The highest BCUT2D eigenvalue weighted by molar-refractivity contribution is 7.15. The summed E-state index contributed by atoms with van der Waals surface area (Å²) in [4.78, 5) is 11.4. The van der Waals surface area contributed by atoms with Crippen LogP contribution in [-0.4, -0.2) is 29.2 Å². The normalized spacial score (nSPS) is 15.7. The van der Waals surface area contributed by atoms with Crippen molar-refractivity contribution in [1.82, 2.24) is 15.5 Å². The van der Waals surface area contributed by atoms with Crippen LogP contribution in [0, 0.1) is 5.92 Å². The first-order valence-corrected chi connectivity index (χ1v) is 6.18. The van der Waals surface area contributed by atoms with E-state index < -0.39 is 17.1 Å².